The zero-order valence-electron chi connectivity index (χ0n) is 13.5. The van der Waals surface area contributed by atoms with Crippen molar-refractivity contribution in [2.24, 2.45) is 0 Å². The van der Waals surface area contributed by atoms with Gasteiger partial charge < -0.3 is 15.0 Å². The molecule has 6 nitrogen and oxygen atoms in total. The summed E-state index contributed by atoms with van der Waals surface area (Å²) >= 11 is 18.0. The average molecular weight is 404 g/mol. The van der Waals surface area contributed by atoms with Crippen molar-refractivity contribution in [3.63, 3.8) is 0 Å². The molecule has 0 aliphatic carbocycles. The Hall–Kier alpha value is -1.31. The van der Waals surface area contributed by atoms with Crippen LogP contribution in [0.2, 0.25) is 15.1 Å². The van der Waals surface area contributed by atoms with Crippen LogP contribution in [0.4, 0.5) is 5.69 Å². The number of likely N-dealkylation sites (N-methyl/N-ethyl adjacent to an activating group) is 1. The molecule has 9 heteroatoms. The number of morpholine rings is 1. The van der Waals surface area contributed by atoms with Crippen molar-refractivity contribution in [3.8, 4) is 5.69 Å². The van der Waals surface area contributed by atoms with Crippen LogP contribution in [0.5, 0.6) is 0 Å². The van der Waals surface area contributed by atoms with Gasteiger partial charge in [-0.25, -0.2) is 0 Å². The van der Waals surface area contributed by atoms with E-state index in [4.69, 9.17) is 39.5 Å². The number of nitrogens with one attached hydrogen (secondary N) is 1. The molecule has 1 fully saturated rings. The fourth-order valence-electron chi connectivity index (χ4n) is 2.59. The fourth-order valence-corrected chi connectivity index (χ4v) is 3.08. The first-order chi connectivity index (χ1) is 12.0. The van der Waals surface area contributed by atoms with Crippen LogP contribution in [0.25, 0.3) is 5.69 Å². The highest BCUT2D eigenvalue weighted by atomic mass is 35.5. The Labute approximate surface area is 160 Å². The van der Waals surface area contributed by atoms with E-state index in [1.54, 1.807) is 18.2 Å². The van der Waals surface area contributed by atoms with Crippen molar-refractivity contribution >= 4 is 40.5 Å². The van der Waals surface area contributed by atoms with Crippen molar-refractivity contribution in [2.75, 3.05) is 38.6 Å². The maximum absolute atomic E-state index is 12.2. The van der Waals surface area contributed by atoms with Gasteiger partial charge in [-0.3, -0.25) is 4.79 Å². The van der Waals surface area contributed by atoms with E-state index in [0.717, 1.165) is 30.1 Å². The van der Waals surface area contributed by atoms with E-state index in [0.29, 0.717) is 17.3 Å². The Morgan fingerprint density at radius 3 is 2.84 bits per heavy atom. The van der Waals surface area contributed by atoms with E-state index >= 15 is 0 Å². The number of hydrogen-bond donors (Lipinski definition) is 1. The van der Waals surface area contributed by atoms with Crippen LogP contribution >= 0.6 is 34.8 Å². The first kappa shape index (κ1) is 18.5. The monoisotopic (exact) mass is 402 g/mol. The van der Waals surface area contributed by atoms with Gasteiger partial charge in [-0.15, -0.1) is 0 Å². The molecule has 0 bridgehead atoms. The number of hydrogen-bond acceptors (Lipinski definition) is 5. The molecule has 1 aliphatic heterocycles. The summed E-state index contributed by atoms with van der Waals surface area (Å²) in [6.45, 7) is 3.18. The van der Waals surface area contributed by atoms with Crippen LogP contribution in [0, 0.1) is 0 Å². The molecule has 1 aliphatic rings. The zero-order chi connectivity index (χ0) is 18.0. The molecular formula is C16H17Cl3N4O2. The van der Waals surface area contributed by atoms with E-state index in [9.17, 15) is 4.79 Å². The number of aromatic nitrogens is 2. The van der Waals surface area contributed by atoms with Crippen LogP contribution in [0.3, 0.4) is 0 Å². The van der Waals surface area contributed by atoms with Gasteiger partial charge in [-0.05, 0) is 25.2 Å². The summed E-state index contributed by atoms with van der Waals surface area (Å²) in [5, 5.41) is 7.78. The summed E-state index contributed by atoms with van der Waals surface area (Å²) < 4.78 is 6.87. The topological polar surface area (TPSA) is 59.4 Å². The van der Waals surface area contributed by atoms with E-state index < -0.39 is 5.56 Å². The lowest BCUT2D eigenvalue weighted by Crippen LogP contribution is -2.43. The normalized spacial score (nSPS) is 18.3. The fraction of sp³-hybridized carbons (Fsp3) is 0.375. The lowest BCUT2D eigenvalue weighted by molar-refractivity contribution is -0.0117. The molecule has 1 aromatic heterocycles. The maximum atomic E-state index is 12.2. The molecule has 1 atom stereocenters. The smallest absolute Gasteiger partial charge is 0.291 e. The molecule has 134 valence electrons. The van der Waals surface area contributed by atoms with Gasteiger partial charge in [0.1, 0.15) is 5.02 Å². The molecule has 2 aromatic rings. The number of halogens is 3. The Kier molecular flexibility index (Phi) is 5.86. The van der Waals surface area contributed by atoms with Gasteiger partial charge in [0.25, 0.3) is 5.56 Å². The quantitative estimate of drug-likeness (QED) is 0.850. The van der Waals surface area contributed by atoms with Crippen molar-refractivity contribution in [3.05, 3.63) is 49.8 Å². The largest absolute Gasteiger partial charge is 0.381 e. The SMILES string of the molecule is CN1CCOC(CNc2ccc(-n3ncc(Cl)c(Cl)c3=O)cc2Cl)C1. The number of ether oxygens (including phenoxy) is 1. The zero-order valence-corrected chi connectivity index (χ0v) is 15.8. The highest BCUT2D eigenvalue weighted by molar-refractivity contribution is 6.41. The molecule has 0 saturated carbocycles. The molecule has 0 spiro atoms. The summed E-state index contributed by atoms with van der Waals surface area (Å²) in [4.78, 5) is 14.4. The van der Waals surface area contributed by atoms with E-state index in [1.807, 2.05) is 0 Å². The van der Waals surface area contributed by atoms with Gasteiger partial charge in [0.15, 0.2) is 0 Å². The second kappa shape index (κ2) is 7.93. The third-order valence-corrected chi connectivity index (χ3v) is 5.00. The van der Waals surface area contributed by atoms with Crippen molar-refractivity contribution in [1.29, 1.82) is 0 Å². The summed E-state index contributed by atoms with van der Waals surface area (Å²) in [6, 6.07) is 5.18. The van der Waals surface area contributed by atoms with E-state index in [1.165, 1.54) is 6.20 Å². The minimum absolute atomic E-state index is 0.0754. The molecule has 0 radical (unpaired) electrons. The molecule has 0 amide bonds. The minimum Gasteiger partial charge on any atom is -0.381 e. The van der Waals surface area contributed by atoms with E-state index in [-0.39, 0.29) is 16.1 Å². The number of nitrogens with zero attached hydrogens (tertiary/aromatic N) is 3. The van der Waals surface area contributed by atoms with Gasteiger partial charge in [0.05, 0.1) is 40.3 Å². The molecule has 25 heavy (non-hydrogen) atoms. The molecule has 2 heterocycles. The first-order valence-electron chi connectivity index (χ1n) is 7.73. The third kappa shape index (κ3) is 4.27. The van der Waals surface area contributed by atoms with E-state index in [2.05, 4.69) is 22.4 Å². The first-order valence-corrected chi connectivity index (χ1v) is 8.86. The van der Waals surface area contributed by atoms with Gasteiger partial charge >= 0.3 is 0 Å². The molecule has 1 unspecified atom stereocenters. The van der Waals surface area contributed by atoms with Crippen LogP contribution in [-0.2, 0) is 4.74 Å². The Bertz CT molecular complexity index is 828. The van der Waals surface area contributed by atoms with Gasteiger partial charge in [0.2, 0.25) is 0 Å². The highest BCUT2D eigenvalue weighted by Crippen LogP contribution is 2.25. The lowest BCUT2D eigenvalue weighted by Gasteiger charge is -2.30. The third-order valence-electron chi connectivity index (χ3n) is 3.94. The molecule has 1 saturated heterocycles. The van der Waals surface area contributed by atoms with Crippen molar-refractivity contribution in [2.45, 2.75) is 6.10 Å². The van der Waals surface area contributed by atoms with Gasteiger partial charge in [-0.1, -0.05) is 34.8 Å². The highest BCUT2D eigenvalue weighted by Gasteiger charge is 2.18. The van der Waals surface area contributed by atoms with Gasteiger partial charge in [-0.2, -0.15) is 9.78 Å². The van der Waals surface area contributed by atoms with Crippen molar-refractivity contribution in [1.82, 2.24) is 14.7 Å². The molecular weight excluding hydrogens is 387 g/mol. The lowest BCUT2D eigenvalue weighted by atomic mass is 10.2. The molecule has 3 rings (SSSR count). The Morgan fingerprint density at radius 1 is 1.32 bits per heavy atom. The number of rotatable bonds is 4. The number of anilines is 1. The Morgan fingerprint density at radius 2 is 2.12 bits per heavy atom. The predicted molar refractivity (Wildman–Crippen MR) is 101 cm³/mol. The molecule has 1 N–H and O–H groups in total. The van der Waals surface area contributed by atoms with Crippen LogP contribution in [0.1, 0.15) is 0 Å². The summed E-state index contributed by atoms with van der Waals surface area (Å²) in [6.07, 6.45) is 1.43. The van der Waals surface area contributed by atoms with Crippen molar-refractivity contribution < 1.29 is 4.74 Å². The van der Waals surface area contributed by atoms with Gasteiger partial charge in [0, 0.05) is 19.6 Å². The predicted octanol–water partition coefficient (Wildman–Crippen LogP) is 2.94. The Balaban J connectivity index is 1.75. The summed E-state index contributed by atoms with van der Waals surface area (Å²) in [5.41, 5.74) is 0.771. The summed E-state index contributed by atoms with van der Waals surface area (Å²) in [7, 11) is 2.07. The van der Waals surface area contributed by atoms with Crippen LogP contribution in [-0.4, -0.2) is 54.1 Å². The second-order valence-corrected chi connectivity index (χ2v) is 7.02. The standard InChI is InChI=1S/C16H17Cl3N4O2/c1-22-4-5-25-11(9-22)7-20-14-3-2-10(6-12(14)17)23-16(24)15(19)13(18)8-21-23/h2-3,6,8,11,20H,4-5,7,9H2,1H3. The summed E-state index contributed by atoms with van der Waals surface area (Å²) in [5.74, 6) is 0. The average Bonchev–Trinajstić information content (AvgIpc) is 2.59. The second-order valence-electron chi connectivity index (χ2n) is 5.82. The number of benzene rings is 1. The van der Waals surface area contributed by atoms with Crippen LogP contribution in [0.15, 0.2) is 29.2 Å². The maximum Gasteiger partial charge on any atom is 0.291 e. The van der Waals surface area contributed by atoms with Crippen LogP contribution < -0.4 is 10.9 Å². The molecule has 1 aromatic carbocycles. The minimum atomic E-state index is -0.496.